The van der Waals surface area contributed by atoms with Gasteiger partial charge in [-0.3, -0.25) is 9.89 Å². The summed E-state index contributed by atoms with van der Waals surface area (Å²) in [4.78, 5) is 9.63. The molecule has 0 aromatic carbocycles. The summed E-state index contributed by atoms with van der Waals surface area (Å²) in [5, 5.41) is 7.04. The van der Waals surface area contributed by atoms with E-state index in [9.17, 15) is 0 Å². The number of hydrogen-bond donors (Lipinski definition) is 2. The summed E-state index contributed by atoms with van der Waals surface area (Å²) < 4.78 is 0. The fourth-order valence-electron chi connectivity index (χ4n) is 4.20. The molecule has 2 saturated heterocycles. The molecule has 5 nitrogen and oxygen atoms in total. The molecule has 0 aromatic heterocycles. The second-order valence-electron chi connectivity index (χ2n) is 7.43. The van der Waals surface area contributed by atoms with Gasteiger partial charge >= 0.3 is 0 Å². The fraction of sp³-hybridized carbons (Fsp3) is 0.947. The van der Waals surface area contributed by atoms with Gasteiger partial charge in [-0.1, -0.05) is 20.3 Å². The van der Waals surface area contributed by atoms with E-state index in [2.05, 4.69) is 39.3 Å². The highest BCUT2D eigenvalue weighted by molar-refractivity contribution is 14.0. The summed E-state index contributed by atoms with van der Waals surface area (Å²) in [5.41, 5.74) is 0. The van der Waals surface area contributed by atoms with Crippen molar-refractivity contribution in [2.75, 3.05) is 52.9 Å². The third kappa shape index (κ3) is 7.99. The number of halogens is 1. The Bertz CT molecular complexity index is 377. The van der Waals surface area contributed by atoms with E-state index in [1.165, 1.54) is 64.7 Å². The molecule has 0 radical (unpaired) electrons. The minimum Gasteiger partial charge on any atom is -0.356 e. The van der Waals surface area contributed by atoms with Crippen LogP contribution in [0.4, 0.5) is 0 Å². The Balaban J connectivity index is 0.00000312. The Morgan fingerprint density at radius 1 is 1.08 bits per heavy atom. The molecule has 0 bridgehead atoms. The zero-order chi connectivity index (χ0) is 17.2. The molecule has 0 spiro atoms. The first-order valence-corrected chi connectivity index (χ1v) is 10.2. The molecule has 6 heteroatoms. The predicted octanol–water partition coefficient (Wildman–Crippen LogP) is 2.77. The summed E-state index contributed by atoms with van der Waals surface area (Å²) in [6.45, 7) is 12.8. The first-order valence-electron chi connectivity index (χ1n) is 10.2. The molecule has 2 rings (SSSR count). The van der Waals surface area contributed by atoms with Crippen LogP contribution in [0.15, 0.2) is 4.99 Å². The number of likely N-dealkylation sites (tertiary alicyclic amines) is 2. The SMILES string of the molecule is CCCN1CCC(CNC(=NC)NCCN2CCCCC2CC)C1.I. The number of guanidine groups is 1. The van der Waals surface area contributed by atoms with E-state index < -0.39 is 0 Å². The first kappa shape index (κ1) is 23.0. The van der Waals surface area contributed by atoms with Crippen LogP contribution in [-0.4, -0.2) is 74.7 Å². The predicted molar refractivity (Wildman–Crippen MR) is 119 cm³/mol. The molecule has 2 heterocycles. The van der Waals surface area contributed by atoms with Gasteiger partial charge in [-0.15, -0.1) is 24.0 Å². The van der Waals surface area contributed by atoms with E-state index in [1.54, 1.807) is 0 Å². The minimum absolute atomic E-state index is 0. The zero-order valence-corrected chi connectivity index (χ0v) is 18.9. The molecule has 148 valence electrons. The van der Waals surface area contributed by atoms with Crippen molar-refractivity contribution in [2.24, 2.45) is 10.9 Å². The molecule has 2 aliphatic heterocycles. The van der Waals surface area contributed by atoms with Crippen molar-refractivity contribution in [3.8, 4) is 0 Å². The molecule has 2 aliphatic rings. The highest BCUT2D eigenvalue weighted by Crippen LogP contribution is 2.18. The molecule has 2 fully saturated rings. The number of hydrogen-bond acceptors (Lipinski definition) is 3. The van der Waals surface area contributed by atoms with Crippen molar-refractivity contribution in [2.45, 2.75) is 58.4 Å². The Labute approximate surface area is 172 Å². The molecular weight excluding hydrogens is 425 g/mol. The van der Waals surface area contributed by atoms with Crippen molar-refractivity contribution in [3.05, 3.63) is 0 Å². The van der Waals surface area contributed by atoms with Gasteiger partial charge in [0.25, 0.3) is 0 Å². The van der Waals surface area contributed by atoms with E-state index >= 15 is 0 Å². The third-order valence-corrected chi connectivity index (χ3v) is 5.60. The lowest BCUT2D eigenvalue weighted by Crippen LogP contribution is -2.46. The molecule has 0 aromatic rings. The van der Waals surface area contributed by atoms with Crippen LogP contribution in [0.25, 0.3) is 0 Å². The molecule has 0 aliphatic carbocycles. The summed E-state index contributed by atoms with van der Waals surface area (Å²) in [7, 11) is 1.88. The summed E-state index contributed by atoms with van der Waals surface area (Å²) in [6.07, 6.45) is 8.00. The molecule has 0 amide bonds. The first-order chi connectivity index (χ1) is 11.8. The third-order valence-electron chi connectivity index (χ3n) is 5.60. The minimum atomic E-state index is 0. The van der Waals surface area contributed by atoms with Gasteiger partial charge in [0.05, 0.1) is 0 Å². The van der Waals surface area contributed by atoms with Crippen LogP contribution in [0.3, 0.4) is 0 Å². The Kier molecular flexibility index (Phi) is 12.1. The van der Waals surface area contributed by atoms with Crippen LogP contribution in [0, 0.1) is 5.92 Å². The van der Waals surface area contributed by atoms with Gasteiger partial charge in [0, 0.05) is 39.3 Å². The lowest BCUT2D eigenvalue weighted by Gasteiger charge is -2.35. The van der Waals surface area contributed by atoms with Crippen LogP contribution in [-0.2, 0) is 0 Å². The van der Waals surface area contributed by atoms with E-state index in [1.807, 2.05) is 7.05 Å². The Hall–Kier alpha value is -0.0800. The quantitative estimate of drug-likeness (QED) is 0.329. The number of piperidine rings is 1. The standard InChI is InChI=1S/C19H39N5.HI/c1-4-11-23-13-9-17(16-23)15-22-19(20-3)21-10-14-24-12-7-6-8-18(24)5-2;/h17-18H,4-16H2,1-3H3,(H2,20,21,22);1H. The number of nitrogens with one attached hydrogen (secondary N) is 2. The lowest BCUT2D eigenvalue weighted by molar-refractivity contribution is 0.147. The van der Waals surface area contributed by atoms with Crippen LogP contribution in [0.2, 0.25) is 0 Å². The number of rotatable bonds is 8. The van der Waals surface area contributed by atoms with Gasteiger partial charge in [0.2, 0.25) is 0 Å². The largest absolute Gasteiger partial charge is 0.356 e. The highest BCUT2D eigenvalue weighted by atomic mass is 127. The van der Waals surface area contributed by atoms with Gasteiger partial charge < -0.3 is 15.5 Å². The van der Waals surface area contributed by atoms with E-state index in [4.69, 9.17) is 0 Å². The van der Waals surface area contributed by atoms with Crippen LogP contribution in [0.1, 0.15) is 52.4 Å². The number of nitrogens with zero attached hydrogens (tertiary/aromatic N) is 3. The Morgan fingerprint density at radius 2 is 1.92 bits per heavy atom. The maximum atomic E-state index is 4.39. The zero-order valence-electron chi connectivity index (χ0n) is 16.6. The van der Waals surface area contributed by atoms with E-state index in [0.29, 0.717) is 0 Å². The number of aliphatic imine (C=N–C) groups is 1. The van der Waals surface area contributed by atoms with Crippen molar-refractivity contribution in [1.82, 2.24) is 20.4 Å². The summed E-state index contributed by atoms with van der Waals surface area (Å²) in [6, 6.07) is 0.790. The maximum absolute atomic E-state index is 4.39. The Morgan fingerprint density at radius 3 is 2.64 bits per heavy atom. The second-order valence-corrected chi connectivity index (χ2v) is 7.43. The average Bonchev–Trinajstić information content (AvgIpc) is 3.06. The molecule has 2 N–H and O–H groups in total. The maximum Gasteiger partial charge on any atom is 0.191 e. The van der Waals surface area contributed by atoms with Crippen molar-refractivity contribution in [3.63, 3.8) is 0 Å². The van der Waals surface area contributed by atoms with Crippen LogP contribution in [0.5, 0.6) is 0 Å². The highest BCUT2D eigenvalue weighted by Gasteiger charge is 2.22. The van der Waals surface area contributed by atoms with Gasteiger partial charge in [0.15, 0.2) is 5.96 Å². The van der Waals surface area contributed by atoms with Gasteiger partial charge in [-0.25, -0.2) is 0 Å². The summed E-state index contributed by atoms with van der Waals surface area (Å²) >= 11 is 0. The average molecular weight is 465 g/mol. The van der Waals surface area contributed by atoms with Gasteiger partial charge in [-0.05, 0) is 57.7 Å². The van der Waals surface area contributed by atoms with E-state index in [0.717, 1.165) is 37.6 Å². The molecule has 0 saturated carbocycles. The smallest absolute Gasteiger partial charge is 0.191 e. The fourth-order valence-corrected chi connectivity index (χ4v) is 4.20. The molecular formula is C19H40IN5. The summed E-state index contributed by atoms with van der Waals surface area (Å²) in [5.74, 6) is 1.73. The van der Waals surface area contributed by atoms with Crippen molar-refractivity contribution >= 4 is 29.9 Å². The van der Waals surface area contributed by atoms with E-state index in [-0.39, 0.29) is 24.0 Å². The molecule has 25 heavy (non-hydrogen) atoms. The van der Waals surface area contributed by atoms with Crippen molar-refractivity contribution in [1.29, 1.82) is 0 Å². The van der Waals surface area contributed by atoms with Crippen LogP contribution >= 0.6 is 24.0 Å². The molecule has 2 unspecified atom stereocenters. The topological polar surface area (TPSA) is 42.9 Å². The van der Waals surface area contributed by atoms with Gasteiger partial charge in [0.1, 0.15) is 0 Å². The lowest BCUT2D eigenvalue weighted by atomic mass is 10.0. The van der Waals surface area contributed by atoms with Crippen molar-refractivity contribution < 1.29 is 0 Å². The monoisotopic (exact) mass is 465 g/mol. The normalized spacial score (nSPS) is 25.6. The van der Waals surface area contributed by atoms with Crippen LogP contribution < -0.4 is 10.6 Å². The molecule has 2 atom stereocenters. The van der Waals surface area contributed by atoms with Gasteiger partial charge in [-0.2, -0.15) is 0 Å². The second kappa shape index (κ2) is 13.1.